The Kier molecular flexibility index (Phi) is 5.51. The quantitative estimate of drug-likeness (QED) is 0.822. The number of benzene rings is 1. The maximum absolute atomic E-state index is 14.3. The predicted octanol–water partition coefficient (Wildman–Crippen LogP) is 4.11. The number of carbonyl (C=O) groups is 2. The lowest BCUT2D eigenvalue weighted by Gasteiger charge is -2.35. The van der Waals surface area contributed by atoms with Crippen LogP contribution in [0.4, 0.5) is 4.39 Å². The minimum absolute atomic E-state index is 0.0928. The van der Waals surface area contributed by atoms with Crippen molar-refractivity contribution >= 4 is 23.7 Å². The summed E-state index contributed by atoms with van der Waals surface area (Å²) in [5.41, 5.74) is 2.11. The number of rotatable bonds is 4. The summed E-state index contributed by atoms with van der Waals surface area (Å²) in [7, 11) is 0. The first-order valence-corrected chi connectivity index (χ1v) is 9.21. The summed E-state index contributed by atoms with van der Waals surface area (Å²) in [5, 5.41) is 0.275. The minimum Gasteiger partial charge on any atom is -0.307 e. The third-order valence-corrected chi connectivity index (χ3v) is 6.08. The van der Waals surface area contributed by atoms with Crippen molar-refractivity contribution in [3.63, 3.8) is 0 Å². The molecule has 1 fully saturated rings. The van der Waals surface area contributed by atoms with Gasteiger partial charge in [0, 0.05) is 31.1 Å². The number of halogens is 1. The van der Waals surface area contributed by atoms with Gasteiger partial charge in [-0.05, 0) is 35.3 Å². The number of thioether (sulfide) groups is 1. The first-order chi connectivity index (χ1) is 11.7. The lowest BCUT2D eigenvalue weighted by Crippen LogP contribution is -2.35. The van der Waals surface area contributed by atoms with Crippen LogP contribution in [-0.2, 0) is 9.59 Å². The van der Waals surface area contributed by atoms with Gasteiger partial charge in [-0.3, -0.25) is 9.69 Å². The fraction of sp³-hybridized carbons (Fsp3) is 0.474. The molecule has 2 aliphatic heterocycles. The lowest BCUT2D eigenvalue weighted by atomic mass is 9.96. The van der Waals surface area contributed by atoms with Crippen LogP contribution in [-0.4, -0.2) is 29.9 Å². The average Bonchev–Trinajstić information content (AvgIpc) is 3.34. The maximum atomic E-state index is 14.3. The van der Waals surface area contributed by atoms with E-state index in [0.717, 1.165) is 37.4 Å². The molecule has 4 rings (SSSR count). The van der Waals surface area contributed by atoms with Gasteiger partial charge < -0.3 is 4.79 Å². The molecule has 0 aromatic heterocycles. The molecule has 1 aliphatic carbocycles. The van der Waals surface area contributed by atoms with E-state index in [1.165, 1.54) is 35.1 Å². The molecule has 1 aromatic carbocycles. The summed E-state index contributed by atoms with van der Waals surface area (Å²) in [6.07, 6.45) is 5.14. The van der Waals surface area contributed by atoms with E-state index in [1.54, 1.807) is 12.1 Å². The second-order valence-corrected chi connectivity index (χ2v) is 7.77. The number of nitrogens with zero attached hydrogens (tertiary/aromatic N) is 1. The van der Waals surface area contributed by atoms with Crippen LogP contribution in [0.5, 0.6) is 0 Å². The number of hydrogen-bond donors (Lipinski definition) is 0. The third-order valence-electron chi connectivity index (χ3n) is 4.97. The highest BCUT2D eigenvalue weighted by molar-refractivity contribution is 8.17. The van der Waals surface area contributed by atoms with Crippen LogP contribution in [0.3, 0.4) is 0 Å². The van der Waals surface area contributed by atoms with E-state index in [0.29, 0.717) is 6.42 Å². The van der Waals surface area contributed by atoms with E-state index in [4.69, 9.17) is 4.79 Å². The Morgan fingerprint density at radius 2 is 2.04 bits per heavy atom. The molecule has 3 aliphatic rings. The smallest absolute Gasteiger partial charge is 0.197 e. The van der Waals surface area contributed by atoms with E-state index < -0.39 is 0 Å². The molecule has 5 heteroatoms. The van der Waals surface area contributed by atoms with Crippen molar-refractivity contribution in [2.45, 2.75) is 38.1 Å². The molecule has 1 unspecified atom stereocenters. The van der Waals surface area contributed by atoms with Crippen LogP contribution >= 0.6 is 11.8 Å². The van der Waals surface area contributed by atoms with Crippen LogP contribution in [0.1, 0.15) is 43.7 Å². The Labute approximate surface area is 146 Å². The Bertz CT molecular complexity index is 657. The largest absolute Gasteiger partial charge is 0.307 e. The monoisotopic (exact) mass is 347 g/mol. The summed E-state index contributed by atoms with van der Waals surface area (Å²) >= 11 is 1.43. The van der Waals surface area contributed by atoms with Gasteiger partial charge in [0.2, 0.25) is 0 Å². The van der Waals surface area contributed by atoms with Crippen LogP contribution in [0.2, 0.25) is 0 Å². The maximum Gasteiger partial charge on any atom is 0.197 e. The Morgan fingerprint density at radius 3 is 2.75 bits per heavy atom. The van der Waals surface area contributed by atoms with E-state index in [2.05, 4.69) is 4.90 Å². The van der Waals surface area contributed by atoms with Crippen molar-refractivity contribution in [3.8, 4) is 0 Å². The third kappa shape index (κ3) is 3.78. The molecule has 2 heterocycles. The van der Waals surface area contributed by atoms with Crippen LogP contribution < -0.4 is 0 Å². The molecule has 0 spiro atoms. The molecule has 0 bridgehead atoms. The highest BCUT2D eigenvalue weighted by Gasteiger charge is 2.35. The van der Waals surface area contributed by atoms with Crippen molar-refractivity contribution in [2.75, 3.05) is 13.1 Å². The molecule has 0 N–H and O–H groups in total. The second kappa shape index (κ2) is 7.62. The molecule has 1 aromatic rings. The van der Waals surface area contributed by atoms with Gasteiger partial charge in [0.15, 0.2) is 5.12 Å². The molecule has 0 saturated heterocycles. The summed E-state index contributed by atoms with van der Waals surface area (Å²) in [5.74, 6) is 0.657. The van der Waals surface area contributed by atoms with Crippen molar-refractivity contribution < 1.29 is 14.0 Å². The molecular weight excluding hydrogens is 325 g/mol. The zero-order valence-electron chi connectivity index (χ0n) is 13.7. The Balaban J connectivity index is 0.000000815. The predicted molar refractivity (Wildman–Crippen MR) is 94.0 cm³/mol. The standard InChI is InChI=1S/C18H20FNOS.CH2O/c19-15-4-2-1-3-14(15)16(9-12-5-6-12)20-8-7-17-13(11-20)10-18(21)22-17;1-2/h1-4,12,16H,5-11H2;1H2. The number of hydrogen-bond acceptors (Lipinski definition) is 4. The van der Waals surface area contributed by atoms with Gasteiger partial charge in [-0.15, -0.1) is 0 Å². The zero-order chi connectivity index (χ0) is 17.1. The second-order valence-electron chi connectivity index (χ2n) is 6.61. The SMILES string of the molecule is C=O.O=C1CC2=C(CCN(C(CC3CC3)c3ccccc3F)C2)S1. The lowest BCUT2D eigenvalue weighted by molar-refractivity contribution is -0.110. The van der Waals surface area contributed by atoms with Crippen molar-refractivity contribution in [1.82, 2.24) is 4.90 Å². The van der Waals surface area contributed by atoms with Crippen molar-refractivity contribution in [1.29, 1.82) is 0 Å². The van der Waals surface area contributed by atoms with Gasteiger partial charge in [0.1, 0.15) is 12.6 Å². The topological polar surface area (TPSA) is 37.4 Å². The van der Waals surface area contributed by atoms with E-state index in [9.17, 15) is 9.18 Å². The minimum atomic E-state index is -0.0928. The Hall–Kier alpha value is -1.46. The van der Waals surface area contributed by atoms with Gasteiger partial charge in [-0.2, -0.15) is 0 Å². The first kappa shape index (κ1) is 17.4. The average molecular weight is 347 g/mol. The fourth-order valence-electron chi connectivity index (χ4n) is 3.61. The van der Waals surface area contributed by atoms with Crippen LogP contribution in [0.25, 0.3) is 0 Å². The van der Waals surface area contributed by atoms with Crippen LogP contribution in [0, 0.1) is 11.7 Å². The van der Waals surface area contributed by atoms with E-state index in [1.807, 2.05) is 18.9 Å². The molecule has 3 nitrogen and oxygen atoms in total. The van der Waals surface area contributed by atoms with Crippen molar-refractivity contribution in [2.24, 2.45) is 5.92 Å². The highest BCUT2D eigenvalue weighted by atomic mass is 32.2. The molecule has 128 valence electrons. The van der Waals surface area contributed by atoms with Crippen LogP contribution in [0.15, 0.2) is 34.7 Å². The molecule has 0 radical (unpaired) electrons. The van der Waals surface area contributed by atoms with E-state index >= 15 is 0 Å². The zero-order valence-corrected chi connectivity index (χ0v) is 14.5. The Morgan fingerprint density at radius 1 is 1.29 bits per heavy atom. The van der Waals surface area contributed by atoms with E-state index in [-0.39, 0.29) is 17.0 Å². The normalized spacial score (nSPS) is 22.0. The molecule has 1 atom stereocenters. The first-order valence-electron chi connectivity index (χ1n) is 8.39. The van der Waals surface area contributed by atoms with Gasteiger partial charge in [-0.25, -0.2) is 4.39 Å². The van der Waals surface area contributed by atoms with Gasteiger partial charge >= 0.3 is 0 Å². The number of carbonyl (C=O) groups excluding carboxylic acids is 2. The molecular formula is C19H22FNO2S. The summed E-state index contributed by atoms with van der Waals surface area (Å²) < 4.78 is 14.3. The van der Waals surface area contributed by atoms with Gasteiger partial charge in [0.25, 0.3) is 0 Å². The van der Waals surface area contributed by atoms with Crippen molar-refractivity contribution in [3.05, 3.63) is 46.1 Å². The summed E-state index contributed by atoms with van der Waals surface area (Å²) in [4.78, 5) is 23.3. The summed E-state index contributed by atoms with van der Waals surface area (Å²) in [6, 6.07) is 7.35. The van der Waals surface area contributed by atoms with Gasteiger partial charge in [-0.1, -0.05) is 42.8 Å². The molecule has 1 saturated carbocycles. The molecule has 24 heavy (non-hydrogen) atoms. The molecule has 0 amide bonds. The summed E-state index contributed by atoms with van der Waals surface area (Å²) in [6.45, 7) is 3.77. The highest BCUT2D eigenvalue weighted by Crippen LogP contribution is 2.44. The fourth-order valence-corrected chi connectivity index (χ4v) is 4.61. The van der Waals surface area contributed by atoms with Gasteiger partial charge in [0.05, 0.1) is 0 Å².